The van der Waals surface area contributed by atoms with Gasteiger partial charge in [-0.15, -0.1) is 0 Å². The summed E-state index contributed by atoms with van der Waals surface area (Å²) in [5.41, 5.74) is 11.6. The van der Waals surface area contributed by atoms with E-state index in [4.69, 9.17) is 14.4 Å². The van der Waals surface area contributed by atoms with Gasteiger partial charge in [0, 0.05) is 33.0 Å². The van der Waals surface area contributed by atoms with E-state index in [2.05, 4.69) is 193 Å². The molecule has 57 heavy (non-hydrogen) atoms. The lowest BCUT2D eigenvalue weighted by molar-refractivity contribution is 0.668. The molecule has 268 valence electrons. The second kappa shape index (κ2) is 13.6. The van der Waals surface area contributed by atoms with E-state index in [1.165, 1.54) is 32.8 Å². The molecule has 10 aromatic rings. The van der Waals surface area contributed by atoms with Crippen molar-refractivity contribution in [2.75, 3.05) is 0 Å². The third-order valence-corrected chi connectivity index (χ3v) is 11.2. The van der Waals surface area contributed by atoms with Crippen molar-refractivity contribution in [3.8, 4) is 33.4 Å². The zero-order chi connectivity index (χ0) is 37.7. The van der Waals surface area contributed by atoms with Crippen molar-refractivity contribution >= 4 is 55.2 Å². The smallest absolute Gasteiger partial charge is 0.170 e. The van der Waals surface area contributed by atoms with Crippen LogP contribution in [0, 0.1) is 0 Å². The first-order chi connectivity index (χ1) is 28.2. The van der Waals surface area contributed by atoms with Crippen LogP contribution < -0.4 is 5.32 Å². The van der Waals surface area contributed by atoms with Crippen molar-refractivity contribution in [1.82, 2.24) is 5.32 Å². The summed E-state index contributed by atoms with van der Waals surface area (Å²) in [5.74, 6) is 1.55. The molecule has 1 aromatic heterocycles. The van der Waals surface area contributed by atoms with Gasteiger partial charge < -0.3 is 9.73 Å². The van der Waals surface area contributed by atoms with E-state index in [0.717, 1.165) is 72.4 Å². The van der Waals surface area contributed by atoms with E-state index < -0.39 is 6.17 Å². The fourth-order valence-corrected chi connectivity index (χ4v) is 8.29. The molecule has 1 aliphatic rings. The van der Waals surface area contributed by atoms with Gasteiger partial charge in [-0.1, -0.05) is 188 Å². The first-order valence-corrected chi connectivity index (χ1v) is 19.3. The average Bonchev–Trinajstić information content (AvgIpc) is 3.68. The number of fused-ring (bicyclic) bond motifs is 5. The van der Waals surface area contributed by atoms with Gasteiger partial charge in [0.15, 0.2) is 6.17 Å². The van der Waals surface area contributed by atoms with Crippen LogP contribution >= 0.6 is 0 Å². The van der Waals surface area contributed by atoms with Crippen LogP contribution in [0.3, 0.4) is 0 Å². The minimum Gasteiger partial charge on any atom is -0.455 e. The maximum absolute atomic E-state index is 6.73. The number of hydrogen-bond acceptors (Lipinski definition) is 4. The lowest BCUT2D eigenvalue weighted by Crippen LogP contribution is -2.36. The van der Waals surface area contributed by atoms with E-state index in [-0.39, 0.29) is 0 Å². The normalized spacial score (nSPS) is 14.1. The van der Waals surface area contributed by atoms with E-state index >= 15 is 0 Å². The van der Waals surface area contributed by atoms with Crippen molar-refractivity contribution in [3.63, 3.8) is 0 Å². The summed E-state index contributed by atoms with van der Waals surface area (Å²) in [5, 5.41) is 10.5. The molecule has 0 fully saturated rings. The van der Waals surface area contributed by atoms with Crippen molar-refractivity contribution < 1.29 is 4.42 Å². The van der Waals surface area contributed by atoms with Crippen LogP contribution in [0.1, 0.15) is 22.9 Å². The Morgan fingerprint density at radius 2 is 0.947 bits per heavy atom. The molecular weight excluding hydrogens is 695 g/mol. The number of benzene rings is 9. The summed E-state index contributed by atoms with van der Waals surface area (Å²) in [6.45, 7) is 0. The molecule has 4 nitrogen and oxygen atoms in total. The molecule has 9 aromatic carbocycles. The second-order valence-corrected chi connectivity index (χ2v) is 14.6. The van der Waals surface area contributed by atoms with Crippen LogP contribution in [0.2, 0.25) is 0 Å². The Hall–Kier alpha value is -7.56. The second-order valence-electron chi connectivity index (χ2n) is 14.6. The quantitative estimate of drug-likeness (QED) is 0.185. The van der Waals surface area contributed by atoms with Gasteiger partial charge in [0.1, 0.15) is 22.8 Å². The summed E-state index contributed by atoms with van der Waals surface area (Å²) in [4.78, 5) is 10.7. The van der Waals surface area contributed by atoms with Gasteiger partial charge >= 0.3 is 0 Å². The summed E-state index contributed by atoms with van der Waals surface area (Å²) in [7, 11) is 0. The highest BCUT2D eigenvalue weighted by Crippen LogP contribution is 2.41. The first-order valence-electron chi connectivity index (χ1n) is 19.3. The Kier molecular flexibility index (Phi) is 7.85. The highest BCUT2D eigenvalue weighted by atomic mass is 16.3. The number of hydrogen-bond donors (Lipinski definition) is 1. The predicted octanol–water partition coefficient (Wildman–Crippen LogP) is 13.4. The molecule has 1 aliphatic heterocycles. The van der Waals surface area contributed by atoms with Crippen molar-refractivity contribution in [1.29, 1.82) is 0 Å². The molecule has 4 heteroatoms. The molecule has 2 heterocycles. The SMILES string of the molecule is c1ccc(-c2ccc(-c3cccc4c3oc3cccc(C5N=C(c6ccc(-c7cccc8ccccc78)cc6)NC(c6ccc7ccccc7c6)=N5)c34)cc2)cc1. The van der Waals surface area contributed by atoms with Crippen LogP contribution in [-0.2, 0) is 0 Å². The maximum atomic E-state index is 6.73. The molecule has 0 saturated carbocycles. The number of amidine groups is 2. The molecule has 0 bridgehead atoms. The van der Waals surface area contributed by atoms with Crippen LogP contribution in [-0.4, -0.2) is 11.7 Å². The predicted molar refractivity (Wildman–Crippen MR) is 237 cm³/mol. The standard InChI is InChI=1S/C53H35N3O/c1-2-11-34(12-3-1)36-23-26-39(27-24-36)45-19-9-20-46-49-47(21-10-22-48(49)57-50(45)46)53-55-51(54-52(56-53)42-32-25-35-13-4-5-15-41(35)33-42)40-30-28-38(29-31-40)44-18-8-16-37-14-6-7-17-43(37)44/h1-33,53H,(H,54,55,56). The average molecular weight is 730 g/mol. The highest BCUT2D eigenvalue weighted by molar-refractivity contribution is 6.17. The minimum absolute atomic E-state index is 0.515. The third-order valence-electron chi connectivity index (χ3n) is 11.2. The summed E-state index contributed by atoms with van der Waals surface area (Å²) in [6.07, 6.45) is -0.515. The molecule has 1 atom stereocenters. The number of nitrogens with one attached hydrogen (secondary N) is 1. The zero-order valence-corrected chi connectivity index (χ0v) is 30.9. The third kappa shape index (κ3) is 5.87. The van der Waals surface area contributed by atoms with E-state index in [1.54, 1.807) is 0 Å². The van der Waals surface area contributed by atoms with Crippen LogP contribution in [0.15, 0.2) is 215 Å². The summed E-state index contributed by atoms with van der Waals surface area (Å²) in [6, 6.07) is 70.5. The van der Waals surface area contributed by atoms with Crippen molar-refractivity contribution in [3.05, 3.63) is 217 Å². The number of rotatable bonds is 6. The fourth-order valence-electron chi connectivity index (χ4n) is 8.29. The van der Waals surface area contributed by atoms with Gasteiger partial charge in [-0.25, -0.2) is 9.98 Å². The first kappa shape index (κ1) is 32.8. The van der Waals surface area contributed by atoms with Crippen LogP contribution in [0.4, 0.5) is 0 Å². The van der Waals surface area contributed by atoms with E-state index in [1.807, 2.05) is 12.1 Å². The van der Waals surface area contributed by atoms with Gasteiger partial charge in [0.05, 0.1) is 0 Å². The van der Waals surface area contributed by atoms with Crippen molar-refractivity contribution in [2.45, 2.75) is 6.17 Å². The molecule has 1 N–H and O–H groups in total. The minimum atomic E-state index is -0.515. The van der Waals surface area contributed by atoms with Gasteiger partial charge in [0.25, 0.3) is 0 Å². The van der Waals surface area contributed by atoms with E-state index in [0.29, 0.717) is 0 Å². The Morgan fingerprint density at radius 1 is 0.386 bits per heavy atom. The van der Waals surface area contributed by atoms with Crippen LogP contribution in [0.5, 0.6) is 0 Å². The Labute approximate surface area is 330 Å². The molecule has 0 radical (unpaired) electrons. The Morgan fingerprint density at radius 3 is 1.77 bits per heavy atom. The molecule has 11 rings (SSSR count). The topological polar surface area (TPSA) is 49.9 Å². The van der Waals surface area contributed by atoms with Gasteiger partial charge in [-0.05, 0) is 61.5 Å². The fraction of sp³-hybridized carbons (Fsp3) is 0.0189. The van der Waals surface area contributed by atoms with Gasteiger partial charge in [-0.3, -0.25) is 0 Å². The Balaban J connectivity index is 1.03. The number of para-hydroxylation sites is 1. The van der Waals surface area contributed by atoms with Crippen LogP contribution in [0.25, 0.3) is 76.9 Å². The number of furan rings is 1. The lowest BCUT2D eigenvalue weighted by Gasteiger charge is -2.23. The summed E-state index contributed by atoms with van der Waals surface area (Å²) >= 11 is 0. The van der Waals surface area contributed by atoms with Gasteiger partial charge in [-0.2, -0.15) is 0 Å². The molecular formula is C53H35N3O. The molecule has 0 aliphatic carbocycles. The summed E-state index contributed by atoms with van der Waals surface area (Å²) < 4.78 is 6.73. The maximum Gasteiger partial charge on any atom is 0.170 e. The number of nitrogens with zero attached hydrogens (tertiary/aromatic N) is 2. The monoisotopic (exact) mass is 729 g/mol. The molecule has 0 spiro atoms. The largest absolute Gasteiger partial charge is 0.455 e. The highest BCUT2D eigenvalue weighted by Gasteiger charge is 2.25. The van der Waals surface area contributed by atoms with Gasteiger partial charge in [0.2, 0.25) is 0 Å². The molecule has 0 amide bonds. The van der Waals surface area contributed by atoms with E-state index in [9.17, 15) is 0 Å². The Bertz CT molecular complexity index is 3190. The zero-order valence-electron chi connectivity index (χ0n) is 30.9. The molecule has 0 saturated heterocycles. The number of aliphatic imine (C=N–C) groups is 2. The van der Waals surface area contributed by atoms with Crippen molar-refractivity contribution in [2.24, 2.45) is 9.98 Å². The molecule has 1 unspecified atom stereocenters. The lowest BCUT2D eigenvalue weighted by atomic mass is 9.97.